The molecule has 0 aliphatic carbocycles. The normalized spacial score (nSPS) is 17.3. The second-order valence-electron chi connectivity index (χ2n) is 5.84. The number of likely N-dealkylation sites (tertiary alicyclic amines) is 1. The van der Waals surface area contributed by atoms with Gasteiger partial charge in [-0.25, -0.2) is 4.98 Å². The third-order valence-electron chi connectivity index (χ3n) is 4.52. The number of fused-ring (bicyclic) bond motifs is 3. The van der Waals surface area contributed by atoms with Gasteiger partial charge in [-0.1, -0.05) is 6.92 Å². The molecule has 5 heteroatoms. The fourth-order valence-corrected chi connectivity index (χ4v) is 3.26. The molecule has 4 rings (SSSR count). The van der Waals surface area contributed by atoms with E-state index in [-0.39, 0.29) is 6.10 Å². The molecule has 0 aromatic carbocycles. The molecule has 3 aromatic heterocycles. The molecule has 4 heterocycles. The molecule has 1 aliphatic rings. The Bertz CT molecular complexity index is 790. The molecule has 1 aliphatic heterocycles. The first kappa shape index (κ1) is 13.5. The first-order valence-electron chi connectivity index (χ1n) is 7.94. The van der Waals surface area contributed by atoms with E-state index >= 15 is 0 Å². The van der Waals surface area contributed by atoms with Gasteiger partial charge in [-0.2, -0.15) is 0 Å². The van der Waals surface area contributed by atoms with E-state index in [0.717, 1.165) is 60.2 Å². The SMILES string of the molecule is CCN1CCC(Oc2cncc3[nH]c4ncccc4c23)CC1. The van der Waals surface area contributed by atoms with E-state index in [1.807, 2.05) is 18.5 Å². The van der Waals surface area contributed by atoms with E-state index in [1.165, 1.54) is 0 Å². The van der Waals surface area contributed by atoms with Crippen molar-refractivity contribution in [2.45, 2.75) is 25.9 Å². The van der Waals surface area contributed by atoms with Gasteiger partial charge in [0.15, 0.2) is 0 Å². The summed E-state index contributed by atoms with van der Waals surface area (Å²) in [6, 6.07) is 4.03. The Morgan fingerprint density at radius 2 is 2.18 bits per heavy atom. The highest BCUT2D eigenvalue weighted by Gasteiger charge is 2.21. The first-order chi connectivity index (χ1) is 10.8. The summed E-state index contributed by atoms with van der Waals surface area (Å²) in [6.45, 7) is 5.56. The molecule has 0 unspecified atom stereocenters. The third-order valence-corrected chi connectivity index (χ3v) is 4.52. The predicted molar refractivity (Wildman–Crippen MR) is 87.2 cm³/mol. The molecule has 1 N–H and O–H groups in total. The van der Waals surface area contributed by atoms with Crippen LogP contribution in [0.3, 0.4) is 0 Å². The van der Waals surface area contributed by atoms with Crippen LogP contribution in [0, 0.1) is 0 Å². The average molecular weight is 296 g/mol. The first-order valence-corrected chi connectivity index (χ1v) is 7.94. The summed E-state index contributed by atoms with van der Waals surface area (Å²) >= 11 is 0. The van der Waals surface area contributed by atoms with E-state index in [4.69, 9.17) is 4.74 Å². The largest absolute Gasteiger partial charge is 0.488 e. The zero-order chi connectivity index (χ0) is 14.9. The van der Waals surface area contributed by atoms with Crippen molar-refractivity contribution < 1.29 is 4.74 Å². The van der Waals surface area contributed by atoms with Crippen molar-refractivity contribution in [3.8, 4) is 5.75 Å². The fourth-order valence-electron chi connectivity index (χ4n) is 3.26. The Balaban J connectivity index is 1.67. The molecular formula is C17H20N4O. The monoisotopic (exact) mass is 296 g/mol. The Morgan fingerprint density at radius 3 is 3.00 bits per heavy atom. The maximum Gasteiger partial charge on any atom is 0.148 e. The van der Waals surface area contributed by atoms with E-state index < -0.39 is 0 Å². The van der Waals surface area contributed by atoms with Crippen molar-refractivity contribution in [1.29, 1.82) is 0 Å². The van der Waals surface area contributed by atoms with Crippen molar-refractivity contribution in [3.05, 3.63) is 30.7 Å². The van der Waals surface area contributed by atoms with Gasteiger partial charge < -0.3 is 14.6 Å². The molecule has 0 atom stereocenters. The van der Waals surface area contributed by atoms with Crippen LogP contribution in [-0.4, -0.2) is 45.6 Å². The lowest BCUT2D eigenvalue weighted by atomic mass is 10.1. The van der Waals surface area contributed by atoms with Crippen LogP contribution in [0.2, 0.25) is 0 Å². The van der Waals surface area contributed by atoms with Crippen LogP contribution in [0.25, 0.3) is 21.9 Å². The van der Waals surface area contributed by atoms with Gasteiger partial charge in [-0.3, -0.25) is 4.98 Å². The molecule has 114 valence electrons. The molecule has 1 saturated heterocycles. The minimum Gasteiger partial charge on any atom is -0.488 e. The highest BCUT2D eigenvalue weighted by atomic mass is 16.5. The van der Waals surface area contributed by atoms with Crippen LogP contribution < -0.4 is 4.74 Å². The number of nitrogens with zero attached hydrogens (tertiary/aromatic N) is 3. The van der Waals surface area contributed by atoms with Crippen molar-refractivity contribution in [1.82, 2.24) is 19.9 Å². The maximum absolute atomic E-state index is 6.29. The summed E-state index contributed by atoms with van der Waals surface area (Å²) < 4.78 is 6.29. The number of rotatable bonds is 3. The zero-order valence-corrected chi connectivity index (χ0v) is 12.7. The van der Waals surface area contributed by atoms with Gasteiger partial charge in [0.2, 0.25) is 0 Å². The van der Waals surface area contributed by atoms with Gasteiger partial charge >= 0.3 is 0 Å². The van der Waals surface area contributed by atoms with Crippen LogP contribution in [0.1, 0.15) is 19.8 Å². The summed E-state index contributed by atoms with van der Waals surface area (Å²) in [5, 5.41) is 2.19. The Labute approximate surface area is 129 Å². The number of hydrogen-bond acceptors (Lipinski definition) is 4. The molecule has 0 bridgehead atoms. The van der Waals surface area contributed by atoms with Crippen LogP contribution >= 0.6 is 0 Å². The molecule has 0 saturated carbocycles. The number of piperidine rings is 1. The second-order valence-corrected chi connectivity index (χ2v) is 5.84. The summed E-state index contributed by atoms with van der Waals surface area (Å²) in [5.41, 5.74) is 1.87. The maximum atomic E-state index is 6.29. The summed E-state index contributed by atoms with van der Waals surface area (Å²) in [5.74, 6) is 0.867. The van der Waals surface area contributed by atoms with Gasteiger partial charge in [0.1, 0.15) is 17.5 Å². The average Bonchev–Trinajstić information content (AvgIpc) is 2.95. The van der Waals surface area contributed by atoms with Gasteiger partial charge in [-0.05, 0) is 31.5 Å². The van der Waals surface area contributed by atoms with Crippen LogP contribution in [0.4, 0.5) is 0 Å². The van der Waals surface area contributed by atoms with Crippen molar-refractivity contribution in [3.63, 3.8) is 0 Å². The van der Waals surface area contributed by atoms with Crippen molar-refractivity contribution in [2.75, 3.05) is 19.6 Å². The lowest BCUT2D eigenvalue weighted by Crippen LogP contribution is -2.38. The number of hydrogen-bond donors (Lipinski definition) is 1. The smallest absolute Gasteiger partial charge is 0.148 e. The Hall–Kier alpha value is -2.14. The van der Waals surface area contributed by atoms with Crippen molar-refractivity contribution >= 4 is 21.9 Å². The third kappa shape index (κ3) is 2.31. The number of ether oxygens (including phenoxy) is 1. The summed E-state index contributed by atoms with van der Waals surface area (Å²) in [6.07, 6.45) is 7.89. The molecule has 3 aromatic rings. The van der Waals surface area contributed by atoms with E-state index in [0.29, 0.717) is 0 Å². The number of pyridine rings is 2. The van der Waals surface area contributed by atoms with E-state index in [1.54, 1.807) is 6.20 Å². The van der Waals surface area contributed by atoms with Crippen molar-refractivity contribution in [2.24, 2.45) is 0 Å². The van der Waals surface area contributed by atoms with Crippen LogP contribution in [0.15, 0.2) is 30.7 Å². The van der Waals surface area contributed by atoms with Gasteiger partial charge in [0.05, 0.1) is 23.3 Å². The van der Waals surface area contributed by atoms with E-state index in [2.05, 4.69) is 32.8 Å². The number of nitrogens with one attached hydrogen (secondary N) is 1. The van der Waals surface area contributed by atoms with Gasteiger partial charge in [-0.15, -0.1) is 0 Å². The molecule has 1 fully saturated rings. The van der Waals surface area contributed by atoms with Gasteiger partial charge in [0.25, 0.3) is 0 Å². The van der Waals surface area contributed by atoms with Crippen LogP contribution in [0.5, 0.6) is 5.75 Å². The van der Waals surface area contributed by atoms with Crippen LogP contribution in [-0.2, 0) is 0 Å². The second kappa shape index (κ2) is 5.57. The highest BCUT2D eigenvalue weighted by Crippen LogP contribution is 2.32. The molecule has 0 spiro atoms. The standard InChI is InChI=1S/C17H20N4O/c1-2-21-8-5-12(6-9-21)22-15-11-18-10-14-16(15)13-4-3-7-19-17(13)20-14/h3-4,7,10-12H,2,5-6,8-9H2,1H3,(H,19,20). The quantitative estimate of drug-likeness (QED) is 0.807. The fraction of sp³-hybridized carbons (Fsp3) is 0.412. The number of aromatic amines is 1. The molecule has 0 amide bonds. The minimum absolute atomic E-state index is 0.275. The predicted octanol–water partition coefficient (Wildman–Crippen LogP) is 2.97. The Kier molecular flexibility index (Phi) is 3.42. The minimum atomic E-state index is 0.275. The summed E-state index contributed by atoms with van der Waals surface area (Å²) in [7, 11) is 0. The Morgan fingerprint density at radius 1 is 1.32 bits per heavy atom. The topological polar surface area (TPSA) is 54.0 Å². The number of H-pyrrole nitrogens is 1. The summed E-state index contributed by atoms with van der Waals surface area (Å²) in [4.78, 5) is 14.5. The molecule has 22 heavy (non-hydrogen) atoms. The molecule has 5 nitrogen and oxygen atoms in total. The molecular weight excluding hydrogens is 276 g/mol. The van der Waals surface area contributed by atoms with E-state index in [9.17, 15) is 0 Å². The molecule has 0 radical (unpaired) electrons. The lowest BCUT2D eigenvalue weighted by molar-refractivity contribution is 0.105. The highest BCUT2D eigenvalue weighted by molar-refractivity contribution is 6.08. The zero-order valence-electron chi connectivity index (χ0n) is 12.7. The van der Waals surface area contributed by atoms with Gasteiger partial charge in [0, 0.05) is 24.7 Å². The number of aromatic nitrogens is 3. The lowest BCUT2D eigenvalue weighted by Gasteiger charge is -2.31.